The van der Waals surface area contributed by atoms with E-state index < -0.39 is 0 Å². The van der Waals surface area contributed by atoms with Gasteiger partial charge in [-0.05, 0) is 43.3 Å². The van der Waals surface area contributed by atoms with Gasteiger partial charge in [0.1, 0.15) is 11.6 Å². The number of benzene rings is 2. The highest BCUT2D eigenvalue weighted by Crippen LogP contribution is 2.12. The van der Waals surface area contributed by atoms with Crippen molar-refractivity contribution in [1.29, 1.82) is 0 Å². The second kappa shape index (κ2) is 8.31. The Labute approximate surface area is 154 Å². The molecule has 2 N–H and O–H groups in total. The summed E-state index contributed by atoms with van der Waals surface area (Å²) < 4.78 is 19.6. The third-order valence-electron chi connectivity index (χ3n) is 3.90. The molecule has 3 rings (SSSR count). The molecule has 3 aromatic rings. The topological polar surface area (TPSA) is 85.2 Å². The molecule has 0 unspecified atom stereocenters. The molecule has 0 fully saturated rings. The van der Waals surface area contributed by atoms with Crippen LogP contribution in [0.2, 0.25) is 0 Å². The lowest BCUT2D eigenvalue weighted by Gasteiger charge is -2.14. The van der Waals surface area contributed by atoms with Crippen molar-refractivity contribution in [3.05, 3.63) is 64.7 Å². The highest BCUT2D eigenvalue weighted by Gasteiger charge is 2.10. The highest BCUT2D eigenvalue weighted by molar-refractivity contribution is 5.80. The number of nitrogens with one attached hydrogen (secondary N) is 2. The zero-order valence-electron chi connectivity index (χ0n) is 14.7. The van der Waals surface area contributed by atoms with E-state index in [1.165, 1.54) is 28.8 Å². The number of hydrazine groups is 1. The van der Waals surface area contributed by atoms with Gasteiger partial charge in [-0.25, -0.2) is 9.37 Å². The molecule has 0 spiro atoms. The van der Waals surface area contributed by atoms with E-state index in [0.717, 1.165) is 0 Å². The molecule has 1 aromatic heterocycles. The second-order valence-corrected chi connectivity index (χ2v) is 5.73. The highest BCUT2D eigenvalue weighted by atomic mass is 19.1. The van der Waals surface area contributed by atoms with Crippen molar-refractivity contribution in [2.45, 2.75) is 19.9 Å². The van der Waals surface area contributed by atoms with Crippen LogP contribution in [0.25, 0.3) is 10.9 Å². The van der Waals surface area contributed by atoms with E-state index in [4.69, 9.17) is 4.74 Å². The number of aromatic nitrogens is 2. The molecule has 8 heteroatoms. The van der Waals surface area contributed by atoms with Gasteiger partial charge in [-0.1, -0.05) is 12.1 Å². The third-order valence-corrected chi connectivity index (χ3v) is 3.90. The van der Waals surface area contributed by atoms with Crippen LogP contribution in [0, 0.1) is 5.82 Å². The van der Waals surface area contributed by atoms with E-state index in [1.807, 2.05) is 6.92 Å². The van der Waals surface area contributed by atoms with Crippen molar-refractivity contribution in [1.82, 2.24) is 15.0 Å². The molecule has 0 radical (unpaired) electrons. The van der Waals surface area contributed by atoms with Gasteiger partial charge in [-0.3, -0.25) is 25.0 Å². The Hall–Kier alpha value is -3.42. The summed E-state index contributed by atoms with van der Waals surface area (Å²) in [6, 6.07) is 12.6. The molecule has 0 atom stereocenters. The number of fused-ring (bicyclic) bond motifs is 1. The van der Waals surface area contributed by atoms with Crippen LogP contribution in [-0.4, -0.2) is 22.1 Å². The van der Waals surface area contributed by atoms with Crippen molar-refractivity contribution >= 4 is 22.8 Å². The van der Waals surface area contributed by atoms with Gasteiger partial charge in [-0.15, -0.1) is 0 Å². The molecule has 0 saturated heterocycles. The molecule has 0 saturated carbocycles. The van der Waals surface area contributed by atoms with E-state index in [-0.39, 0.29) is 36.3 Å². The number of para-hydroxylation sites is 1. The first-order valence-corrected chi connectivity index (χ1v) is 8.51. The molecule has 27 heavy (non-hydrogen) atoms. The van der Waals surface area contributed by atoms with Crippen molar-refractivity contribution in [3.63, 3.8) is 0 Å². The van der Waals surface area contributed by atoms with Crippen molar-refractivity contribution < 1.29 is 13.9 Å². The van der Waals surface area contributed by atoms with Crippen LogP contribution < -0.4 is 21.1 Å². The van der Waals surface area contributed by atoms with Crippen LogP contribution in [0.5, 0.6) is 5.75 Å². The smallest absolute Gasteiger partial charge is 0.262 e. The summed E-state index contributed by atoms with van der Waals surface area (Å²) in [6.07, 6.45) is 0.0777. The number of rotatable bonds is 7. The van der Waals surface area contributed by atoms with E-state index in [9.17, 15) is 14.0 Å². The van der Waals surface area contributed by atoms with E-state index in [2.05, 4.69) is 15.8 Å². The number of anilines is 1. The molecule has 1 amide bonds. The van der Waals surface area contributed by atoms with Crippen molar-refractivity contribution in [2.75, 3.05) is 12.0 Å². The number of nitrogens with zero attached hydrogens (tertiary/aromatic N) is 2. The molecule has 0 aliphatic rings. The first kappa shape index (κ1) is 18.4. The minimum absolute atomic E-state index is 0.0777. The summed E-state index contributed by atoms with van der Waals surface area (Å²) in [5.41, 5.74) is 5.57. The van der Waals surface area contributed by atoms with Crippen LogP contribution in [0.1, 0.15) is 13.3 Å². The molecule has 0 bridgehead atoms. The fourth-order valence-electron chi connectivity index (χ4n) is 2.54. The Bertz CT molecular complexity index is 1000. The van der Waals surface area contributed by atoms with Crippen LogP contribution >= 0.6 is 0 Å². The molecular formula is C19H19FN4O3. The van der Waals surface area contributed by atoms with Gasteiger partial charge in [0, 0.05) is 6.54 Å². The van der Waals surface area contributed by atoms with E-state index >= 15 is 0 Å². The van der Waals surface area contributed by atoms with Gasteiger partial charge < -0.3 is 4.74 Å². The lowest BCUT2D eigenvalue weighted by atomic mass is 10.2. The molecule has 1 heterocycles. The maximum Gasteiger partial charge on any atom is 0.262 e. The number of amides is 1. The zero-order chi connectivity index (χ0) is 19.2. The largest absolute Gasteiger partial charge is 0.493 e. The fourth-order valence-corrected chi connectivity index (χ4v) is 2.54. The first-order chi connectivity index (χ1) is 13.1. The molecule has 0 aliphatic carbocycles. The van der Waals surface area contributed by atoms with Gasteiger partial charge in [0.15, 0.2) is 0 Å². The summed E-state index contributed by atoms with van der Waals surface area (Å²) in [6.45, 7) is 2.36. The Morgan fingerprint density at radius 3 is 2.67 bits per heavy atom. The Morgan fingerprint density at radius 2 is 1.93 bits per heavy atom. The maximum absolute atomic E-state index is 12.8. The van der Waals surface area contributed by atoms with Gasteiger partial charge in [0.2, 0.25) is 11.9 Å². The monoisotopic (exact) mass is 370 g/mol. The number of carbonyl (C=O) groups is 1. The average molecular weight is 370 g/mol. The third kappa shape index (κ3) is 4.41. The maximum atomic E-state index is 12.8. The van der Waals surface area contributed by atoms with Gasteiger partial charge in [-0.2, -0.15) is 0 Å². The van der Waals surface area contributed by atoms with Crippen LogP contribution in [0.15, 0.2) is 53.3 Å². The zero-order valence-corrected chi connectivity index (χ0v) is 14.7. The Morgan fingerprint density at radius 1 is 1.19 bits per heavy atom. The lowest BCUT2D eigenvalue weighted by molar-refractivity contribution is -0.121. The van der Waals surface area contributed by atoms with Crippen LogP contribution in [0.4, 0.5) is 10.3 Å². The van der Waals surface area contributed by atoms with Crippen molar-refractivity contribution in [2.24, 2.45) is 0 Å². The molecule has 2 aromatic carbocycles. The van der Waals surface area contributed by atoms with E-state index in [0.29, 0.717) is 23.2 Å². The molecular weight excluding hydrogens is 351 g/mol. The Kier molecular flexibility index (Phi) is 5.65. The van der Waals surface area contributed by atoms with Gasteiger partial charge in [0.25, 0.3) is 5.56 Å². The summed E-state index contributed by atoms with van der Waals surface area (Å²) in [4.78, 5) is 28.9. The van der Waals surface area contributed by atoms with Gasteiger partial charge >= 0.3 is 0 Å². The minimum Gasteiger partial charge on any atom is -0.493 e. The second-order valence-electron chi connectivity index (χ2n) is 5.73. The van der Waals surface area contributed by atoms with Crippen LogP contribution in [0.3, 0.4) is 0 Å². The number of carbonyl (C=O) groups excluding carboxylic acids is 1. The van der Waals surface area contributed by atoms with Crippen molar-refractivity contribution in [3.8, 4) is 5.75 Å². The molecule has 7 nitrogen and oxygen atoms in total. The number of ether oxygens (including phenoxy) is 1. The number of halogens is 1. The number of hydrogen-bond acceptors (Lipinski definition) is 5. The lowest BCUT2D eigenvalue weighted by Crippen LogP contribution is -2.34. The fraction of sp³-hybridized carbons (Fsp3) is 0.211. The first-order valence-electron chi connectivity index (χ1n) is 8.51. The predicted octanol–water partition coefficient (Wildman–Crippen LogP) is 2.47. The standard InChI is InChI=1S/C19H19FN4O3/c1-2-24-18(26)15-5-3-4-6-16(15)21-19(24)23-22-17(25)11-12-27-14-9-7-13(20)8-10-14/h3-10H,2,11-12H2,1H3,(H,21,23)(H,22,25). The SMILES string of the molecule is CCn1c(NNC(=O)CCOc2ccc(F)cc2)nc2ccccc2c1=O. The quantitative estimate of drug-likeness (QED) is 0.624. The average Bonchev–Trinajstić information content (AvgIpc) is 2.68. The van der Waals surface area contributed by atoms with Gasteiger partial charge in [0.05, 0.1) is 23.9 Å². The number of hydrogen-bond donors (Lipinski definition) is 2. The minimum atomic E-state index is -0.353. The summed E-state index contributed by atoms with van der Waals surface area (Å²) >= 11 is 0. The molecule has 0 aliphatic heterocycles. The summed E-state index contributed by atoms with van der Waals surface area (Å²) in [5, 5.41) is 0.518. The van der Waals surface area contributed by atoms with E-state index in [1.54, 1.807) is 24.3 Å². The predicted molar refractivity (Wildman–Crippen MR) is 100.0 cm³/mol. The normalized spacial score (nSPS) is 10.6. The molecule has 140 valence electrons. The Balaban J connectivity index is 1.60. The summed E-state index contributed by atoms with van der Waals surface area (Å²) in [7, 11) is 0. The summed E-state index contributed by atoms with van der Waals surface area (Å²) in [5.74, 6) is 0.0542. The van der Waals surface area contributed by atoms with Crippen LogP contribution in [-0.2, 0) is 11.3 Å².